The smallest absolute Gasteiger partial charge is 0.124 e. The van der Waals surface area contributed by atoms with Crippen molar-refractivity contribution in [2.24, 2.45) is 0 Å². The fourth-order valence-electron chi connectivity index (χ4n) is 1.49. The highest BCUT2D eigenvalue weighted by molar-refractivity contribution is 5.70. The maximum Gasteiger partial charge on any atom is 0.124 e. The van der Waals surface area contributed by atoms with Crippen molar-refractivity contribution in [2.45, 2.75) is 6.42 Å². The molecule has 1 aromatic heterocycles. The molecular weight excluding hydrogens is 176 g/mol. The van der Waals surface area contributed by atoms with Gasteiger partial charge in [-0.25, -0.2) is 0 Å². The Kier molecular flexibility index (Phi) is 2.45. The van der Waals surface area contributed by atoms with Crippen molar-refractivity contribution >= 4 is 6.29 Å². The van der Waals surface area contributed by atoms with Crippen LogP contribution in [0.3, 0.4) is 0 Å². The predicted octanol–water partition coefficient (Wildman–Crippen LogP) is 2.69. The van der Waals surface area contributed by atoms with Gasteiger partial charge in [-0.3, -0.25) is 0 Å². The molecule has 0 atom stereocenters. The predicted molar refractivity (Wildman–Crippen MR) is 53.9 cm³/mol. The minimum Gasteiger partial charge on any atom is -0.472 e. The van der Waals surface area contributed by atoms with E-state index in [1.165, 1.54) is 0 Å². The monoisotopic (exact) mass is 186 g/mol. The van der Waals surface area contributed by atoms with Gasteiger partial charge in [-0.1, -0.05) is 24.3 Å². The Balaban J connectivity index is 2.46. The lowest BCUT2D eigenvalue weighted by Gasteiger charge is -2.03. The first kappa shape index (κ1) is 8.75. The first-order valence-corrected chi connectivity index (χ1v) is 4.46. The minimum atomic E-state index is 0.446. The topological polar surface area (TPSA) is 30.2 Å². The molecule has 2 rings (SSSR count). The summed E-state index contributed by atoms with van der Waals surface area (Å²) in [6.07, 6.45) is 4.68. The van der Waals surface area contributed by atoms with Crippen LogP contribution in [0.25, 0.3) is 11.1 Å². The van der Waals surface area contributed by atoms with E-state index < -0.39 is 0 Å². The lowest BCUT2D eigenvalue weighted by Crippen LogP contribution is -1.89. The third-order valence-corrected chi connectivity index (χ3v) is 2.15. The Morgan fingerprint density at radius 1 is 1.21 bits per heavy atom. The Labute approximate surface area is 82.2 Å². The summed E-state index contributed by atoms with van der Waals surface area (Å²) in [5.74, 6) is 0. The average Bonchev–Trinajstić information content (AvgIpc) is 2.72. The number of hydrogen-bond donors (Lipinski definition) is 0. The number of carbonyl (C=O) groups excluding carboxylic acids is 1. The second-order valence-electron chi connectivity index (χ2n) is 3.04. The molecule has 0 aliphatic carbocycles. The van der Waals surface area contributed by atoms with E-state index in [-0.39, 0.29) is 0 Å². The largest absolute Gasteiger partial charge is 0.472 e. The molecule has 2 nitrogen and oxygen atoms in total. The zero-order chi connectivity index (χ0) is 9.80. The van der Waals surface area contributed by atoms with Crippen molar-refractivity contribution in [1.29, 1.82) is 0 Å². The van der Waals surface area contributed by atoms with E-state index >= 15 is 0 Å². The van der Waals surface area contributed by atoms with E-state index in [1.54, 1.807) is 12.5 Å². The normalized spacial score (nSPS) is 10.0. The molecule has 0 aliphatic heterocycles. The van der Waals surface area contributed by atoms with Crippen LogP contribution in [0.1, 0.15) is 5.56 Å². The number of carbonyl (C=O) groups is 1. The summed E-state index contributed by atoms with van der Waals surface area (Å²) in [5, 5.41) is 0. The Morgan fingerprint density at radius 2 is 2.07 bits per heavy atom. The van der Waals surface area contributed by atoms with Crippen LogP contribution in [0.5, 0.6) is 0 Å². The fourth-order valence-corrected chi connectivity index (χ4v) is 1.49. The van der Waals surface area contributed by atoms with Crippen molar-refractivity contribution in [2.75, 3.05) is 0 Å². The molecule has 70 valence electrons. The van der Waals surface area contributed by atoms with Crippen LogP contribution in [0.15, 0.2) is 47.3 Å². The summed E-state index contributed by atoms with van der Waals surface area (Å²) in [6, 6.07) is 9.73. The molecule has 1 heterocycles. The average molecular weight is 186 g/mol. The van der Waals surface area contributed by atoms with Gasteiger partial charge in [0.05, 0.1) is 12.5 Å². The summed E-state index contributed by atoms with van der Waals surface area (Å²) in [5.41, 5.74) is 3.11. The van der Waals surface area contributed by atoms with Crippen LogP contribution in [-0.4, -0.2) is 6.29 Å². The van der Waals surface area contributed by atoms with E-state index in [1.807, 2.05) is 30.3 Å². The zero-order valence-corrected chi connectivity index (χ0v) is 7.64. The molecule has 14 heavy (non-hydrogen) atoms. The van der Waals surface area contributed by atoms with Gasteiger partial charge in [-0.05, 0) is 17.2 Å². The van der Waals surface area contributed by atoms with Crippen LogP contribution in [0, 0.1) is 0 Å². The second-order valence-corrected chi connectivity index (χ2v) is 3.04. The summed E-state index contributed by atoms with van der Waals surface area (Å²) in [7, 11) is 0. The number of hydrogen-bond acceptors (Lipinski definition) is 2. The Hall–Kier alpha value is -1.83. The van der Waals surface area contributed by atoms with Gasteiger partial charge in [-0.2, -0.15) is 0 Å². The molecule has 0 bridgehead atoms. The minimum absolute atomic E-state index is 0.446. The molecule has 0 radical (unpaired) electrons. The molecule has 0 amide bonds. The third-order valence-electron chi connectivity index (χ3n) is 2.15. The van der Waals surface area contributed by atoms with Crippen LogP contribution in [0.4, 0.5) is 0 Å². The summed E-state index contributed by atoms with van der Waals surface area (Å²) in [6.45, 7) is 0. The van der Waals surface area contributed by atoms with E-state index in [4.69, 9.17) is 4.42 Å². The van der Waals surface area contributed by atoms with Gasteiger partial charge < -0.3 is 9.21 Å². The molecule has 0 N–H and O–H groups in total. The van der Waals surface area contributed by atoms with Gasteiger partial charge in [-0.15, -0.1) is 0 Å². The van der Waals surface area contributed by atoms with Crippen molar-refractivity contribution in [3.05, 3.63) is 48.4 Å². The first-order chi connectivity index (χ1) is 6.92. The summed E-state index contributed by atoms with van der Waals surface area (Å²) < 4.78 is 5.01. The van der Waals surface area contributed by atoms with Gasteiger partial charge in [0.1, 0.15) is 6.29 Å². The van der Waals surface area contributed by atoms with Crippen LogP contribution in [0.2, 0.25) is 0 Å². The SMILES string of the molecule is O=CCc1ccccc1-c1ccoc1. The lowest BCUT2D eigenvalue weighted by atomic mass is 10.0. The summed E-state index contributed by atoms with van der Waals surface area (Å²) >= 11 is 0. The maximum absolute atomic E-state index is 10.5. The Bertz CT molecular complexity index is 416. The van der Waals surface area contributed by atoms with Gasteiger partial charge in [0.15, 0.2) is 0 Å². The number of aldehydes is 1. The third kappa shape index (κ3) is 1.59. The van der Waals surface area contributed by atoms with Gasteiger partial charge in [0.25, 0.3) is 0 Å². The zero-order valence-electron chi connectivity index (χ0n) is 7.64. The highest BCUT2D eigenvalue weighted by Crippen LogP contribution is 2.23. The summed E-state index contributed by atoms with van der Waals surface area (Å²) in [4.78, 5) is 10.5. The Morgan fingerprint density at radius 3 is 2.79 bits per heavy atom. The van der Waals surface area contributed by atoms with Crippen molar-refractivity contribution in [1.82, 2.24) is 0 Å². The molecule has 0 fully saturated rings. The lowest BCUT2D eigenvalue weighted by molar-refractivity contribution is -0.107. The molecule has 0 unspecified atom stereocenters. The molecule has 0 aliphatic rings. The van der Waals surface area contributed by atoms with E-state index in [0.717, 1.165) is 23.0 Å². The quantitative estimate of drug-likeness (QED) is 0.690. The highest BCUT2D eigenvalue weighted by atomic mass is 16.3. The fraction of sp³-hybridized carbons (Fsp3) is 0.0833. The van der Waals surface area contributed by atoms with Crippen LogP contribution in [-0.2, 0) is 11.2 Å². The number of rotatable bonds is 3. The van der Waals surface area contributed by atoms with E-state index in [9.17, 15) is 4.79 Å². The highest BCUT2D eigenvalue weighted by Gasteiger charge is 2.04. The molecule has 0 saturated carbocycles. The van der Waals surface area contributed by atoms with Gasteiger partial charge >= 0.3 is 0 Å². The second kappa shape index (κ2) is 3.92. The number of furan rings is 1. The molecule has 1 aromatic carbocycles. The van der Waals surface area contributed by atoms with Crippen molar-refractivity contribution < 1.29 is 9.21 Å². The first-order valence-electron chi connectivity index (χ1n) is 4.46. The van der Waals surface area contributed by atoms with Crippen molar-refractivity contribution in [3.8, 4) is 11.1 Å². The molecular formula is C12H10O2. The number of benzene rings is 1. The van der Waals surface area contributed by atoms with Crippen LogP contribution >= 0.6 is 0 Å². The van der Waals surface area contributed by atoms with E-state index in [2.05, 4.69) is 0 Å². The standard InChI is InChI=1S/C12H10O2/c13-7-5-10-3-1-2-4-12(10)11-6-8-14-9-11/h1-4,6-9H,5H2. The van der Waals surface area contributed by atoms with Crippen molar-refractivity contribution in [3.63, 3.8) is 0 Å². The van der Waals surface area contributed by atoms with Gasteiger partial charge in [0, 0.05) is 12.0 Å². The maximum atomic E-state index is 10.5. The van der Waals surface area contributed by atoms with Gasteiger partial charge in [0.2, 0.25) is 0 Å². The molecule has 0 saturated heterocycles. The molecule has 0 spiro atoms. The van der Waals surface area contributed by atoms with E-state index in [0.29, 0.717) is 6.42 Å². The molecule has 2 heteroatoms. The van der Waals surface area contributed by atoms with Crippen LogP contribution < -0.4 is 0 Å². The molecule has 2 aromatic rings.